The van der Waals surface area contributed by atoms with Gasteiger partial charge in [0.2, 0.25) is 10.0 Å². The third kappa shape index (κ3) is 5.07. The molecule has 174 valence electrons. The second-order valence-corrected chi connectivity index (χ2v) is 9.91. The van der Waals surface area contributed by atoms with Crippen LogP contribution in [0.5, 0.6) is 0 Å². The van der Waals surface area contributed by atoms with E-state index in [0.29, 0.717) is 24.4 Å². The number of hydrogen-bond acceptors (Lipinski definition) is 6. The summed E-state index contributed by atoms with van der Waals surface area (Å²) in [6.45, 7) is 2.62. The second-order valence-electron chi connectivity index (χ2n) is 8.07. The van der Waals surface area contributed by atoms with Crippen molar-refractivity contribution >= 4 is 39.1 Å². The first-order chi connectivity index (χ1) is 15.8. The number of hydrogen-bond donors (Lipinski definition) is 2. The summed E-state index contributed by atoms with van der Waals surface area (Å²) >= 11 is 0. The van der Waals surface area contributed by atoms with Gasteiger partial charge in [-0.25, -0.2) is 8.42 Å². The highest BCUT2D eigenvalue weighted by Crippen LogP contribution is 2.26. The minimum atomic E-state index is -3.40. The van der Waals surface area contributed by atoms with E-state index >= 15 is 0 Å². The summed E-state index contributed by atoms with van der Waals surface area (Å²) in [7, 11) is -3.40. The normalized spacial score (nSPS) is 17.8. The molecule has 0 saturated carbocycles. The summed E-state index contributed by atoms with van der Waals surface area (Å²) in [6, 6.07) is 10.7. The monoisotopic (exact) mass is 471 g/mol. The Kier molecular flexibility index (Phi) is 6.48. The Labute approximate surface area is 192 Å². The van der Waals surface area contributed by atoms with Gasteiger partial charge in [-0.15, -0.1) is 0 Å². The molecule has 2 aliphatic heterocycles. The van der Waals surface area contributed by atoms with Gasteiger partial charge < -0.3 is 10.1 Å². The first-order valence-electron chi connectivity index (χ1n) is 10.8. The summed E-state index contributed by atoms with van der Waals surface area (Å²) in [4.78, 5) is 39.3. The van der Waals surface area contributed by atoms with Crippen molar-refractivity contribution in [1.82, 2.24) is 4.90 Å². The summed E-state index contributed by atoms with van der Waals surface area (Å²) in [5.74, 6) is -1.23. The molecule has 1 fully saturated rings. The van der Waals surface area contributed by atoms with E-state index in [1.54, 1.807) is 31.2 Å². The van der Waals surface area contributed by atoms with Crippen LogP contribution in [0.1, 0.15) is 57.3 Å². The van der Waals surface area contributed by atoms with Gasteiger partial charge in [0.1, 0.15) is 0 Å². The van der Waals surface area contributed by atoms with Crippen molar-refractivity contribution in [3.05, 3.63) is 59.2 Å². The second kappa shape index (κ2) is 9.32. The third-order valence-electron chi connectivity index (χ3n) is 5.53. The van der Waals surface area contributed by atoms with Crippen LogP contribution in [-0.2, 0) is 14.8 Å². The highest BCUT2D eigenvalue weighted by Gasteiger charge is 2.37. The molecule has 0 bridgehead atoms. The van der Waals surface area contributed by atoms with Crippen molar-refractivity contribution in [2.45, 2.75) is 32.3 Å². The van der Waals surface area contributed by atoms with Crippen LogP contribution < -0.4 is 10.0 Å². The lowest BCUT2D eigenvalue weighted by atomic mass is 10.1. The number of sulfonamides is 1. The van der Waals surface area contributed by atoms with E-state index in [-0.39, 0.29) is 41.0 Å². The summed E-state index contributed by atoms with van der Waals surface area (Å²) in [5.41, 5.74) is 1.57. The predicted octanol–water partition coefficient (Wildman–Crippen LogP) is 2.87. The Bertz CT molecular complexity index is 1190. The average Bonchev–Trinajstić information content (AvgIpc) is 3.37. The molecule has 33 heavy (non-hydrogen) atoms. The van der Waals surface area contributed by atoms with Gasteiger partial charge in [-0.05, 0) is 61.7 Å². The molecule has 0 aliphatic carbocycles. The molecule has 0 aromatic heterocycles. The number of carbonyl (C=O) groups is 3. The van der Waals surface area contributed by atoms with Crippen molar-refractivity contribution in [1.29, 1.82) is 0 Å². The Hall–Kier alpha value is -3.24. The van der Waals surface area contributed by atoms with Crippen molar-refractivity contribution in [2.75, 3.05) is 28.9 Å². The summed E-state index contributed by atoms with van der Waals surface area (Å²) < 4.78 is 31.7. The molecule has 1 saturated heterocycles. The van der Waals surface area contributed by atoms with E-state index in [2.05, 4.69) is 10.0 Å². The number of nitrogens with one attached hydrogen (secondary N) is 2. The molecular weight excluding hydrogens is 446 g/mol. The molecule has 4 rings (SSSR count). The van der Waals surface area contributed by atoms with E-state index in [4.69, 9.17) is 4.74 Å². The molecule has 2 aromatic carbocycles. The zero-order valence-electron chi connectivity index (χ0n) is 18.2. The number of nitrogens with zero attached hydrogens (tertiary/aromatic N) is 1. The molecule has 3 amide bonds. The van der Waals surface area contributed by atoms with Crippen LogP contribution in [0.3, 0.4) is 0 Å². The van der Waals surface area contributed by atoms with Gasteiger partial charge in [-0.3, -0.25) is 24.0 Å². The third-order valence-corrected chi connectivity index (χ3v) is 7.02. The molecular formula is C23H25N3O6S. The predicted molar refractivity (Wildman–Crippen MR) is 123 cm³/mol. The number of anilines is 2. The van der Waals surface area contributed by atoms with Gasteiger partial charge in [0.25, 0.3) is 17.7 Å². The number of amides is 3. The number of benzene rings is 2. The summed E-state index contributed by atoms with van der Waals surface area (Å²) in [5, 5.41) is 2.71. The van der Waals surface area contributed by atoms with Gasteiger partial charge in [0.15, 0.2) is 0 Å². The van der Waals surface area contributed by atoms with E-state index in [0.717, 1.165) is 12.8 Å². The van der Waals surface area contributed by atoms with Crippen molar-refractivity contribution < 1.29 is 27.5 Å². The molecule has 2 N–H and O–H groups in total. The number of carbonyl (C=O) groups excluding carboxylic acids is 3. The van der Waals surface area contributed by atoms with E-state index < -0.39 is 21.8 Å². The fourth-order valence-electron chi connectivity index (χ4n) is 3.91. The van der Waals surface area contributed by atoms with Crippen LogP contribution in [-0.4, -0.2) is 56.0 Å². The van der Waals surface area contributed by atoms with Gasteiger partial charge in [0, 0.05) is 23.5 Å². The van der Waals surface area contributed by atoms with Gasteiger partial charge in [-0.1, -0.05) is 6.92 Å². The van der Waals surface area contributed by atoms with Crippen LogP contribution in [0, 0.1) is 0 Å². The van der Waals surface area contributed by atoms with Gasteiger partial charge in [0.05, 0.1) is 29.5 Å². The van der Waals surface area contributed by atoms with Crippen LogP contribution in [0.25, 0.3) is 0 Å². The van der Waals surface area contributed by atoms with Crippen molar-refractivity contribution in [2.24, 2.45) is 0 Å². The van der Waals surface area contributed by atoms with E-state index in [9.17, 15) is 22.8 Å². The van der Waals surface area contributed by atoms with E-state index in [1.165, 1.54) is 23.1 Å². The largest absolute Gasteiger partial charge is 0.376 e. The van der Waals surface area contributed by atoms with Gasteiger partial charge in [-0.2, -0.15) is 0 Å². The zero-order chi connectivity index (χ0) is 23.6. The Balaban J connectivity index is 1.43. The highest BCUT2D eigenvalue weighted by molar-refractivity contribution is 7.92. The molecule has 9 nitrogen and oxygen atoms in total. The first kappa shape index (κ1) is 22.9. The van der Waals surface area contributed by atoms with Crippen molar-refractivity contribution in [3.8, 4) is 0 Å². The lowest BCUT2D eigenvalue weighted by molar-refractivity contribution is 0.0475. The lowest BCUT2D eigenvalue weighted by Gasteiger charge is -2.17. The first-order valence-corrected chi connectivity index (χ1v) is 12.5. The number of imide groups is 1. The summed E-state index contributed by atoms with van der Waals surface area (Å²) in [6.07, 6.45) is 2.07. The topological polar surface area (TPSA) is 122 Å². The SMILES string of the molecule is CCCS(=O)(=O)Nc1ccc(NC(=O)c2ccc3c(c2)C(=O)N(CC2CCCO2)C3=O)cc1. The maximum atomic E-state index is 12.8. The van der Waals surface area contributed by atoms with Crippen LogP contribution in [0.4, 0.5) is 11.4 Å². The molecule has 0 radical (unpaired) electrons. The maximum Gasteiger partial charge on any atom is 0.261 e. The Morgan fingerprint density at radius 1 is 1.06 bits per heavy atom. The molecule has 2 aromatic rings. The minimum absolute atomic E-state index is 0.0240. The minimum Gasteiger partial charge on any atom is -0.376 e. The quantitative estimate of drug-likeness (QED) is 0.571. The number of fused-ring (bicyclic) bond motifs is 1. The smallest absolute Gasteiger partial charge is 0.261 e. The molecule has 1 unspecified atom stereocenters. The van der Waals surface area contributed by atoms with Crippen LogP contribution in [0.2, 0.25) is 0 Å². The van der Waals surface area contributed by atoms with Crippen LogP contribution >= 0.6 is 0 Å². The fourth-order valence-corrected chi connectivity index (χ4v) is 5.05. The van der Waals surface area contributed by atoms with Crippen LogP contribution in [0.15, 0.2) is 42.5 Å². The Morgan fingerprint density at radius 3 is 2.42 bits per heavy atom. The standard InChI is InChI=1S/C23H25N3O6S/c1-2-12-33(30,31)25-17-8-6-16(7-9-17)24-21(27)15-5-10-19-20(13-15)23(29)26(22(19)28)14-18-4-3-11-32-18/h5-10,13,18,25H,2-4,11-12,14H2,1H3,(H,24,27). The fraction of sp³-hybridized carbons (Fsp3) is 0.348. The number of ether oxygens (including phenoxy) is 1. The zero-order valence-corrected chi connectivity index (χ0v) is 19.0. The Morgan fingerprint density at radius 2 is 1.76 bits per heavy atom. The molecule has 2 heterocycles. The molecule has 10 heteroatoms. The maximum absolute atomic E-state index is 12.8. The molecule has 2 aliphatic rings. The average molecular weight is 472 g/mol. The van der Waals surface area contributed by atoms with E-state index in [1.807, 2.05) is 0 Å². The van der Waals surface area contributed by atoms with Crippen molar-refractivity contribution in [3.63, 3.8) is 0 Å². The highest BCUT2D eigenvalue weighted by atomic mass is 32.2. The number of rotatable bonds is 8. The lowest BCUT2D eigenvalue weighted by Crippen LogP contribution is -2.36. The molecule has 1 atom stereocenters. The van der Waals surface area contributed by atoms with Gasteiger partial charge >= 0.3 is 0 Å². The molecule has 0 spiro atoms.